The molecule has 0 aliphatic heterocycles. The Kier molecular flexibility index (Phi) is 8.44. The van der Waals surface area contributed by atoms with Crippen LogP contribution in [-0.4, -0.2) is 56.4 Å². The third-order valence-corrected chi connectivity index (χ3v) is 3.22. The van der Waals surface area contributed by atoms with Gasteiger partial charge in [0, 0.05) is 12.0 Å². The minimum atomic E-state index is -0.164. The molecule has 17 heavy (non-hydrogen) atoms. The Morgan fingerprint density at radius 3 is 2.24 bits per heavy atom. The molecule has 1 atom stereocenters. The molecule has 0 fully saturated rings. The van der Waals surface area contributed by atoms with Gasteiger partial charge in [-0.1, -0.05) is 27.2 Å². The van der Waals surface area contributed by atoms with Crippen molar-refractivity contribution >= 4 is 6.29 Å². The lowest BCUT2D eigenvalue weighted by molar-refractivity contribution is -0.116. The zero-order chi connectivity index (χ0) is 13.3. The minimum Gasteiger partial charge on any atom is -0.309 e. The summed E-state index contributed by atoms with van der Waals surface area (Å²) in [5, 5.41) is 0. The van der Waals surface area contributed by atoms with E-state index >= 15 is 0 Å². The first-order chi connectivity index (χ1) is 7.97. The van der Waals surface area contributed by atoms with Gasteiger partial charge in [0.2, 0.25) is 0 Å². The van der Waals surface area contributed by atoms with E-state index in [1.54, 1.807) is 0 Å². The molecule has 0 saturated heterocycles. The Morgan fingerprint density at radius 1 is 1.18 bits per heavy atom. The number of nitrogens with zero attached hydrogens (tertiary/aromatic N) is 2. The third-order valence-electron chi connectivity index (χ3n) is 3.22. The normalized spacial score (nSPS) is 15.2. The number of carbonyl (C=O) groups excluding carboxylic acids is 1. The minimum absolute atomic E-state index is 0.164. The van der Waals surface area contributed by atoms with E-state index in [1.165, 1.54) is 6.42 Å². The molecule has 0 aliphatic carbocycles. The topological polar surface area (TPSA) is 23.6 Å². The summed E-state index contributed by atoms with van der Waals surface area (Å²) < 4.78 is 0. The van der Waals surface area contributed by atoms with Crippen LogP contribution in [0.2, 0.25) is 0 Å². The van der Waals surface area contributed by atoms with Crippen LogP contribution in [0, 0.1) is 5.41 Å². The molecule has 3 heteroatoms. The maximum absolute atomic E-state index is 11.2. The largest absolute Gasteiger partial charge is 0.309 e. The fourth-order valence-electron chi connectivity index (χ4n) is 2.22. The molecule has 0 aromatic carbocycles. The average Bonchev–Trinajstić information content (AvgIpc) is 2.27. The van der Waals surface area contributed by atoms with E-state index < -0.39 is 0 Å². The van der Waals surface area contributed by atoms with Crippen LogP contribution in [0.5, 0.6) is 0 Å². The van der Waals surface area contributed by atoms with Crippen molar-refractivity contribution in [3.05, 3.63) is 0 Å². The number of hydrogen-bond acceptors (Lipinski definition) is 3. The van der Waals surface area contributed by atoms with E-state index in [0.29, 0.717) is 0 Å². The molecule has 0 radical (unpaired) electrons. The van der Waals surface area contributed by atoms with Crippen molar-refractivity contribution in [1.82, 2.24) is 9.80 Å². The molecule has 0 spiro atoms. The highest BCUT2D eigenvalue weighted by molar-refractivity contribution is 5.58. The van der Waals surface area contributed by atoms with Crippen LogP contribution in [0.15, 0.2) is 0 Å². The van der Waals surface area contributed by atoms with Crippen LogP contribution >= 0.6 is 0 Å². The van der Waals surface area contributed by atoms with Gasteiger partial charge in [-0.05, 0) is 46.6 Å². The summed E-state index contributed by atoms with van der Waals surface area (Å²) in [6.45, 7) is 10.5. The SMILES string of the molecule is CCCC(C)(C=O)CN(CC)CCCN(C)C. The summed E-state index contributed by atoms with van der Waals surface area (Å²) in [5.41, 5.74) is -0.164. The standard InChI is InChI=1S/C14H30N2O/c1-6-9-14(3,13-17)12-16(7-2)11-8-10-15(4)5/h13H,6-12H2,1-5H3. The summed E-state index contributed by atoms with van der Waals surface area (Å²) in [6.07, 6.45) is 4.37. The quantitative estimate of drug-likeness (QED) is 0.549. The lowest BCUT2D eigenvalue weighted by atomic mass is 9.86. The van der Waals surface area contributed by atoms with Crippen molar-refractivity contribution < 1.29 is 4.79 Å². The maximum atomic E-state index is 11.2. The van der Waals surface area contributed by atoms with E-state index in [-0.39, 0.29) is 5.41 Å². The summed E-state index contributed by atoms with van der Waals surface area (Å²) in [4.78, 5) is 15.8. The van der Waals surface area contributed by atoms with E-state index in [1.807, 2.05) is 0 Å². The summed E-state index contributed by atoms with van der Waals surface area (Å²) >= 11 is 0. The summed E-state index contributed by atoms with van der Waals surface area (Å²) in [5.74, 6) is 0. The van der Waals surface area contributed by atoms with Crippen LogP contribution < -0.4 is 0 Å². The molecule has 0 amide bonds. The molecule has 1 unspecified atom stereocenters. The smallest absolute Gasteiger partial charge is 0.127 e. The Bertz CT molecular complexity index is 206. The first-order valence-corrected chi connectivity index (χ1v) is 6.81. The van der Waals surface area contributed by atoms with Gasteiger partial charge in [-0.2, -0.15) is 0 Å². The van der Waals surface area contributed by atoms with Gasteiger partial charge >= 0.3 is 0 Å². The van der Waals surface area contributed by atoms with Crippen LogP contribution in [0.4, 0.5) is 0 Å². The second-order valence-electron chi connectivity index (χ2n) is 5.55. The molecule has 0 saturated carbocycles. The van der Waals surface area contributed by atoms with Gasteiger partial charge in [0.25, 0.3) is 0 Å². The van der Waals surface area contributed by atoms with Crippen LogP contribution in [-0.2, 0) is 4.79 Å². The van der Waals surface area contributed by atoms with Gasteiger partial charge in [0.15, 0.2) is 0 Å². The summed E-state index contributed by atoms with van der Waals surface area (Å²) in [7, 11) is 4.20. The van der Waals surface area contributed by atoms with Gasteiger partial charge in [-0.15, -0.1) is 0 Å². The first-order valence-electron chi connectivity index (χ1n) is 6.81. The Balaban J connectivity index is 4.13. The predicted molar refractivity (Wildman–Crippen MR) is 74.4 cm³/mol. The second kappa shape index (κ2) is 8.65. The number of aldehydes is 1. The third kappa shape index (κ3) is 7.50. The lowest BCUT2D eigenvalue weighted by Crippen LogP contribution is -2.38. The first kappa shape index (κ1) is 16.6. The van der Waals surface area contributed by atoms with Crippen LogP contribution in [0.25, 0.3) is 0 Å². The molecule has 102 valence electrons. The molecule has 0 aliphatic rings. The molecular formula is C14H30N2O. The Hall–Kier alpha value is -0.410. The molecule has 0 aromatic heterocycles. The molecule has 0 aromatic rings. The fourth-order valence-corrected chi connectivity index (χ4v) is 2.22. The average molecular weight is 242 g/mol. The molecular weight excluding hydrogens is 212 g/mol. The van der Waals surface area contributed by atoms with Gasteiger partial charge in [0.1, 0.15) is 6.29 Å². The number of rotatable bonds is 10. The Morgan fingerprint density at radius 2 is 1.82 bits per heavy atom. The van der Waals surface area contributed by atoms with Crippen LogP contribution in [0.3, 0.4) is 0 Å². The predicted octanol–water partition coefficient (Wildman–Crippen LogP) is 2.27. The molecule has 0 heterocycles. The van der Waals surface area contributed by atoms with Gasteiger partial charge in [0.05, 0.1) is 0 Å². The number of hydrogen-bond donors (Lipinski definition) is 0. The van der Waals surface area contributed by atoms with Crippen molar-refractivity contribution in [3.8, 4) is 0 Å². The van der Waals surface area contributed by atoms with E-state index in [9.17, 15) is 4.79 Å². The van der Waals surface area contributed by atoms with E-state index in [4.69, 9.17) is 0 Å². The van der Waals surface area contributed by atoms with Crippen molar-refractivity contribution in [2.24, 2.45) is 5.41 Å². The highest BCUT2D eigenvalue weighted by Crippen LogP contribution is 2.21. The van der Waals surface area contributed by atoms with Crippen molar-refractivity contribution in [2.45, 2.75) is 40.0 Å². The molecule has 0 rings (SSSR count). The number of carbonyl (C=O) groups is 1. The van der Waals surface area contributed by atoms with Crippen molar-refractivity contribution in [3.63, 3.8) is 0 Å². The monoisotopic (exact) mass is 242 g/mol. The van der Waals surface area contributed by atoms with Gasteiger partial charge in [-0.25, -0.2) is 0 Å². The van der Waals surface area contributed by atoms with E-state index in [0.717, 1.165) is 45.3 Å². The highest BCUT2D eigenvalue weighted by atomic mass is 16.1. The second-order valence-corrected chi connectivity index (χ2v) is 5.55. The highest BCUT2D eigenvalue weighted by Gasteiger charge is 2.24. The maximum Gasteiger partial charge on any atom is 0.127 e. The van der Waals surface area contributed by atoms with Crippen molar-refractivity contribution in [2.75, 3.05) is 40.3 Å². The van der Waals surface area contributed by atoms with Gasteiger partial charge in [-0.3, -0.25) is 0 Å². The van der Waals surface area contributed by atoms with Crippen LogP contribution in [0.1, 0.15) is 40.0 Å². The zero-order valence-electron chi connectivity index (χ0n) is 12.3. The molecule has 0 N–H and O–H groups in total. The fraction of sp³-hybridized carbons (Fsp3) is 0.929. The summed E-state index contributed by atoms with van der Waals surface area (Å²) in [6, 6.07) is 0. The Labute approximate surface area is 107 Å². The van der Waals surface area contributed by atoms with E-state index in [2.05, 4.69) is 44.7 Å². The zero-order valence-corrected chi connectivity index (χ0v) is 12.3. The van der Waals surface area contributed by atoms with Gasteiger partial charge < -0.3 is 14.6 Å². The molecule has 0 bridgehead atoms. The molecule has 3 nitrogen and oxygen atoms in total. The van der Waals surface area contributed by atoms with Crippen molar-refractivity contribution in [1.29, 1.82) is 0 Å². The lowest BCUT2D eigenvalue weighted by Gasteiger charge is -2.31.